The fraction of sp³-hybridized carbons (Fsp3) is 0.333. The van der Waals surface area contributed by atoms with Crippen molar-refractivity contribution in [2.75, 3.05) is 38.7 Å². The van der Waals surface area contributed by atoms with Gasteiger partial charge in [0, 0.05) is 31.3 Å². The number of morpholine rings is 1. The van der Waals surface area contributed by atoms with Crippen molar-refractivity contribution in [2.45, 2.75) is 11.4 Å². The molecule has 0 radical (unpaired) electrons. The Hall–Kier alpha value is -2.69. The zero-order valence-corrected chi connectivity index (χ0v) is 16.1. The number of rotatable bonds is 7. The lowest BCUT2D eigenvalue weighted by Crippen LogP contribution is -2.40. The molecule has 0 bridgehead atoms. The monoisotopic (exact) mass is 407 g/mol. The van der Waals surface area contributed by atoms with E-state index in [2.05, 4.69) is 5.32 Å². The molecule has 3 rings (SSSR count). The lowest BCUT2D eigenvalue weighted by Gasteiger charge is -2.26. The average Bonchev–Trinajstić information content (AvgIpc) is 2.72. The van der Waals surface area contributed by atoms with Crippen molar-refractivity contribution >= 4 is 21.4 Å². The maximum atomic E-state index is 12.7. The summed E-state index contributed by atoms with van der Waals surface area (Å²) < 4.78 is 37.2. The van der Waals surface area contributed by atoms with Gasteiger partial charge in [0.25, 0.3) is 5.69 Å². The first-order valence-corrected chi connectivity index (χ1v) is 10.1. The number of hydrogen-bond acceptors (Lipinski definition) is 7. The summed E-state index contributed by atoms with van der Waals surface area (Å²) in [5, 5.41) is 14.5. The van der Waals surface area contributed by atoms with Crippen LogP contribution < -0.4 is 10.1 Å². The average molecular weight is 407 g/mol. The molecule has 1 N–H and O–H groups in total. The minimum Gasteiger partial charge on any atom is -0.496 e. The Bertz CT molecular complexity index is 958. The molecule has 0 saturated carbocycles. The van der Waals surface area contributed by atoms with E-state index in [1.807, 2.05) is 18.2 Å². The Balaban J connectivity index is 1.86. The van der Waals surface area contributed by atoms with Gasteiger partial charge in [-0.1, -0.05) is 18.2 Å². The number of nitro benzene ring substituents is 1. The van der Waals surface area contributed by atoms with Crippen molar-refractivity contribution in [3.8, 4) is 5.75 Å². The number of methoxy groups -OCH3 is 1. The van der Waals surface area contributed by atoms with Gasteiger partial charge in [-0.2, -0.15) is 4.31 Å². The Morgan fingerprint density at radius 1 is 1.21 bits per heavy atom. The van der Waals surface area contributed by atoms with Gasteiger partial charge in [0.05, 0.1) is 30.1 Å². The molecule has 0 aliphatic carbocycles. The molecule has 2 aromatic rings. The third kappa shape index (κ3) is 4.24. The maximum absolute atomic E-state index is 12.7. The van der Waals surface area contributed by atoms with Crippen LogP contribution in [0.25, 0.3) is 0 Å². The van der Waals surface area contributed by atoms with Crippen LogP contribution in [0.4, 0.5) is 11.4 Å². The van der Waals surface area contributed by atoms with Crippen LogP contribution >= 0.6 is 0 Å². The number of nitrogens with one attached hydrogen (secondary N) is 1. The van der Waals surface area contributed by atoms with Crippen molar-refractivity contribution in [1.82, 2.24) is 4.31 Å². The number of benzene rings is 2. The standard InChI is InChI=1S/C18H21N3O6S/c1-26-18-5-3-2-4-14(18)13-19-16-7-6-15(12-17(16)21(22)23)28(24,25)20-8-10-27-11-9-20/h2-7,12,19H,8-11,13H2,1H3. The smallest absolute Gasteiger partial charge is 0.293 e. The molecule has 1 heterocycles. The SMILES string of the molecule is COc1ccccc1CNc1ccc(S(=O)(=O)N2CCOCC2)cc1[N+](=O)[O-]. The first kappa shape index (κ1) is 20.1. The Morgan fingerprint density at radius 3 is 2.61 bits per heavy atom. The van der Waals surface area contributed by atoms with Crippen molar-refractivity contribution in [2.24, 2.45) is 0 Å². The van der Waals surface area contributed by atoms with E-state index in [1.165, 1.54) is 16.4 Å². The molecule has 9 nitrogen and oxygen atoms in total. The topological polar surface area (TPSA) is 111 Å². The van der Waals surface area contributed by atoms with Crippen LogP contribution in [0.15, 0.2) is 47.4 Å². The third-order valence-corrected chi connectivity index (χ3v) is 6.33. The molecule has 1 aliphatic rings. The molecular weight excluding hydrogens is 386 g/mol. The van der Waals surface area contributed by atoms with Gasteiger partial charge in [0.1, 0.15) is 11.4 Å². The lowest BCUT2D eigenvalue weighted by atomic mass is 10.2. The van der Waals surface area contributed by atoms with E-state index in [0.29, 0.717) is 25.5 Å². The van der Waals surface area contributed by atoms with Gasteiger partial charge >= 0.3 is 0 Å². The predicted molar refractivity (Wildman–Crippen MR) is 103 cm³/mol. The highest BCUT2D eigenvalue weighted by molar-refractivity contribution is 7.89. The molecule has 10 heteroatoms. The molecule has 1 saturated heterocycles. The van der Waals surface area contributed by atoms with Gasteiger partial charge < -0.3 is 14.8 Å². The second-order valence-electron chi connectivity index (χ2n) is 6.12. The Kier molecular flexibility index (Phi) is 6.12. The number of nitrogens with zero attached hydrogens (tertiary/aromatic N) is 2. The second kappa shape index (κ2) is 8.55. The number of anilines is 1. The lowest BCUT2D eigenvalue weighted by molar-refractivity contribution is -0.384. The molecule has 0 atom stereocenters. The molecule has 1 fully saturated rings. The number of ether oxygens (including phenoxy) is 2. The van der Waals surface area contributed by atoms with Crippen LogP contribution in [0, 0.1) is 10.1 Å². The summed E-state index contributed by atoms with van der Waals surface area (Å²) in [5.41, 5.74) is 0.755. The van der Waals surface area contributed by atoms with Gasteiger partial charge in [-0.25, -0.2) is 8.42 Å². The molecule has 0 unspecified atom stereocenters. The van der Waals surface area contributed by atoms with Gasteiger partial charge in [-0.15, -0.1) is 0 Å². The zero-order valence-electron chi connectivity index (χ0n) is 15.3. The minimum absolute atomic E-state index is 0.107. The van der Waals surface area contributed by atoms with Gasteiger partial charge in [-0.3, -0.25) is 10.1 Å². The summed E-state index contributed by atoms with van der Waals surface area (Å²) in [6, 6.07) is 11.2. The highest BCUT2D eigenvalue weighted by Gasteiger charge is 2.28. The molecule has 2 aromatic carbocycles. The molecule has 0 spiro atoms. The molecule has 1 aliphatic heterocycles. The summed E-state index contributed by atoms with van der Waals surface area (Å²) in [4.78, 5) is 10.8. The summed E-state index contributed by atoms with van der Waals surface area (Å²) in [5.74, 6) is 0.657. The quantitative estimate of drug-likeness (QED) is 0.553. The number of hydrogen-bond donors (Lipinski definition) is 1. The first-order valence-electron chi connectivity index (χ1n) is 8.65. The van der Waals surface area contributed by atoms with E-state index in [0.717, 1.165) is 11.6 Å². The summed E-state index contributed by atoms with van der Waals surface area (Å²) >= 11 is 0. The Morgan fingerprint density at radius 2 is 1.93 bits per heavy atom. The highest BCUT2D eigenvalue weighted by Crippen LogP contribution is 2.30. The minimum atomic E-state index is -3.81. The summed E-state index contributed by atoms with van der Waals surface area (Å²) in [6.45, 7) is 1.36. The van der Waals surface area contributed by atoms with E-state index >= 15 is 0 Å². The third-order valence-electron chi connectivity index (χ3n) is 4.44. The predicted octanol–water partition coefficient (Wildman–Crippen LogP) is 2.24. The largest absolute Gasteiger partial charge is 0.496 e. The molecule has 28 heavy (non-hydrogen) atoms. The van der Waals surface area contributed by atoms with E-state index in [-0.39, 0.29) is 29.4 Å². The van der Waals surface area contributed by atoms with E-state index in [9.17, 15) is 18.5 Å². The second-order valence-corrected chi connectivity index (χ2v) is 8.06. The van der Waals surface area contributed by atoms with Crippen molar-refractivity contribution in [3.63, 3.8) is 0 Å². The number of para-hydroxylation sites is 1. The fourth-order valence-electron chi connectivity index (χ4n) is 2.95. The van der Waals surface area contributed by atoms with Crippen LogP contribution in [0.3, 0.4) is 0 Å². The number of sulfonamides is 1. The van der Waals surface area contributed by atoms with Gasteiger partial charge in [-0.05, 0) is 18.2 Å². The van der Waals surface area contributed by atoms with E-state index in [1.54, 1.807) is 13.2 Å². The molecule has 0 aromatic heterocycles. The van der Waals surface area contributed by atoms with Crippen molar-refractivity contribution in [3.05, 3.63) is 58.1 Å². The fourth-order valence-corrected chi connectivity index (χ4v) is 4.38. The van der Waals surface area contributed by atoms with Crippen LogP contribution in [0.5, 0.6) is 5.75 Å². The first-order chi connectivity index (χ1) is 13.4. The molecule has 0 amide bonds. The van der Waals surface area contributed by atoms with Crippen LogP contribution in [-0.2, 0) is 21.3 Å². The highest BCUT2D eigenvalue weighted by atomic mass is 32.2. The number of nitro groups is 1. The van der Waals surface area contributed by atoms with Gasteiger partial charge in [0.15, 0.2) is 0 Å². The van der Waals surface area contributed by atoms with Crippen molar-refractivity contribution < 1.29 is 22.8 Å². The van der Waals surface area contributed by atoms with Gasteiger partial charge in [0.2, 0.25) is 10.0 Å². The van der Waals surface area contributed by atoms with Crippen LogP contribution in [0.2, 0.25) is 0 Å². The maximum Gasteiger partial charge on any atom is 0.293 e. The Labute approximate surface area is 163 Å². The molecule has 150 valence electrons. The van der Waals surface area contributed by atoms with E-state index < -0.39 is 14.9 Å². The van der Waals surface area contributed by atoms with Crippen LogP contribution in [-0.4, -0.2) is 51.1 Å². The zero-order chi connectivity index (χ0) is 20.1. The van der Waals surface area contributed by atoms with Crippen molar-refractivity contribution in [1.29, 1.82) is 0 Å². The van der Waals surface area contributed by atoms with Crippen LogP contribution in [0.1, 0.15) is 5.56 Å². The summed E-state index contributed by atoms with van der Waals surface area (Å²) in [6.07, 6.45) is 0. The molecular formula is C18H21N3O6S. The summed E-state index contributed by atoms with van der Waals surface area (Å²) in [7, 11) is -2.26. The van der Waals surface area contributed by atoms with E-state index in [4.69, 9.17) is 9.47 Å². The normalized spacial score (nSPS) is 15.2.